The van der Waals surface area contributed by atoms with E-state index in [1.807, 2.05) is 30.3 Å². The van der Waals surface area contributed by atoms with E-state index in [1.165, 1.54) is 0 Å². The highest BCUT2D eigenvalue weighted by molar-refractivity contribution is 5.13. The minimum atomic E-state index is -1.37. The van der Waals surface area contributed by atoms with Gasteiger partial charge in [0.2, 0.25) is 0 Å². The molecule has 0 spiro atoms. The second-order valence-electron chi connectivity index (χ2n) is 4.22. The number of aliphatic hydroxyl groups excluding tert-OH is 4. The molecule has 1 saturated carbocycles. The summed E-state index contributed by atoms with van der Waals surface area (Å²) in [5, 5.41) is 37.9. The van der Waals surface area contributed by atoms with Crippen molar-refractivity contribution >= 4 is 0 Å². The fourth-order valence-electron chi connectivity index (χ4n) is 1.96. The second kappa shape index (κ2) is 5.12. The lowest BCUT2D eigenvalue weighted by atomic mass is 10.2. The highest BCUT2D eigenvalue weighted by atomic mass is 16.5. The van der Waals surface area contributed by atoms with Gasteiger partial charge in [0.15, 0.2) is 0 Å². The molecule has 1 fully saturated rings. The standard InChI is InChI=1S/C12H16O5/c13-8-9(14)11(16)12(10(8)15)17-6-7-4-2-1-3-5-7/h1-5,8-16H,6H2/t8-,9-,10-,11+,12?/m1/s1. The molecule has 17 heavy (non-hydrogen) atoms. The summed E-state index contributed by atoms with van der Waals surface area (Å²) in [5.41, 5.74) is 0.891. The zero-order valence-corrected chi connectivity index (χ0v) is 9.18. The van der Waals surface area contributed by atoms with Crippen LogP contribution in [0.4, 0.5) is 0 Å². The fraction of sp³-hybridized carbons (Fsp3) is 0.500. The first-order chi connectivity index (χ1) is 8.11. The Hall–Kier alpha value is -0.980. The lowest BCUT2D eigenvalue weighted by molar-refractivity contribution is -0.0914. The lowest BCUT2D eigenvalue weighted by Crippen LogP contribution is -2.35. The van der Waals surface area contributed by atoms with E-state index in [2.05, 4.69) is 0 Å². The number of hydrogen-bond donors (Lipinski definition) is 4. The molecule has 1 unspecified atom stereocenters. The Morgan fingerprint density at radius 3 is 1.88 bits per heavy atom. The van der Waals surface area contributed by atoms with Crippen LogP contribution in [-0.4, -0.2) is 50.9 Å². The summed E-state index contributed by atoms with van der Waals surface area (Å²) in [6.07, 6.45) is -6.26. The van der Waals surface area contributed by atoms with Gasteiger partial charge in [-0.3, -0.25) is 0 Å². The van der Waals surface area contributed by atoms with E-state index in [1.54, 1.807) is 0 Å². The van der Waals surface area contributed by atoms with Crippen LogP contribution in [-0.2, 0) is 11.3 Å². The highest BCUT2D eigenvalue weighted by Crippen LogP contribution is 2.25. The molecular weight excluding hydrogens is 224 g/mol. The van der Waals surface area contributed by atoms with E-state index in [0.29, 0.717) is 0 Å². The van der Waals surface area contributed by atoms with Gasteiger partial charge in [-0.25, -0.2) is 0 Å². The average Bonchev–Trinajstić information content (AvgIpc) is 2.54. The summed E-state index contributed by atoms with van der Waals surface area (Å²) in [7, 11) is 0. The molecule has 5 heteroatoms. The summed E-state index contributed by atoms with van der Waals surface area (Å²) >= 11 is 0. The van der Waals surface area contributed by atoms with Gasteiger partial charge in [-0.1, -0.05) is 30.3 Å². The van der Waals surface area contributed by atoms with Crippen molar-refractivity contribution in [2.24, 2.45) is 0 Å². The third-order valence-electron chi connectivity index (χ3n) is 3.01. The van der Waals surface area contributed by atoms with E-state index >= 15 is 0 Å². The maximum Gasteiger partial charge on any atom is 0.115 e. The molecule has 0 bridgehead atoms. The molecule has 94 valence electrons. The van der Waals surface area contributed by atoms with Gasteiger partial charge >= 0.3 is 0 Å². The molecule has 2 rings (SSSR count). The number of benzene rings is 1. The van der Waals surface area contributed by atoms with Crippen LogP contribution in [0.15, 0.2) is 30.3 Å². The zero-order chi connectivity index (χ0) is 12.4. The van der Waals surface area contributed by atoms with Crippen LogP contribution >= 0.6 is 0 Å². The zero-order valence-electron chi connectivity index (χ0n) is 9.18. The molecule has 1 aromatic carbocycles. The summed E-state index contributed by atoms with van der Waals surface area (Å²) in [6, 6.07) is 9.27. The topological polar surface area (TPSA) is 90.2 Å². The molecule has 1 aliphatic carbocycles. The molecule has 0 aliphatic heterocycles. The van der Waals surface area contributed by atoms with E-state index in [9.17, 15) is 20.4 Å². The molecule has 0 amide bonds. The fourth-order valence-corrected chi connectivity index (χ4v) is 1.96. The third kappa shape index (κ3) is 2.48. The molecule has 0 aromatic heterocycles. The van der Waals surface area contributed by atoms with Crippen molar-refractivity contribution in [3.63, 3.8) is 0 Å². The van der Waals surface area contributed by atoms with E-state index in [4.69, 9.17) is 4.74 Å². The van der Waals surface area contributed by atoms with Gasteiger partial charge in [-0.15, -0.1) is 0 Å². The minimum Gasteiger partial charge on any atom is -0.387 e. The van der Waals surface area contributed by atoms with Gasteiger partial charge in [-0.05, 0) is 5.56 Å². The van der Waals surface area contributed by atoms with Crippen LogP contribution in [0.1, 0.15) is 5.56 Å². The van der Waals surface area contributed by atoms with Crippen molar-refractivity contribution in [2.45, 2.75) is 37.1 Å². The van der Waals surface area contributed by atoms with Crippen molar-refractivity contribution in [3.05, 3.63) is 35.9 Å². The van der Waals surface area contributed by atoms with Crippen LogP contribution in [0.2, 0.25) is 0 Å². The molecule has 4 N–H and O–H groups in total. The van der Waals surface area contributed by atoms with E-state index in [-0.39, 0.29) is 6.61 Å². The number of hydrogen-bond acceptors (Lipinski definition) is 5. The van der Waals surface area contributed by atoms with Gasteiger partial charge in [0.25, 0.3) is 0 Å². The van der Waals surface area contributed by atoms with Crippen molar-refractivity contribution in [3.8, 4) is 0 Å². The maximum atomic E-state index is 9.58. The van der Waals surface area contributed by atoms with Crippen molar-refractivity contribution < 1.29 is 25.2 Å². The van der Waals surface area contributed by atoms with Crippen LogP contribution < -0.4 is 0 Å². The Morgan fingerprint density at radius 1 is 0.824 bits per heavy atom. The SMILES string of the molecule is O[C@@H]1[C@@H](O)[C@@H](O)C(OCc2ccccc2)[C@H]1O. The number of rotatable bonds is 3. The first kappa shape index (κ1) is 12.5. The molecule has 5 atom stereocenters. The number of ether oxygens (including phenoxy) is 1. The molecule has 0 heterocycles. The first-order valence-electron chi connectivity index (χ1n) is 5.49. The van der Waals surface area contributed by atoms with Gasteiger partial charge in [0, 0.05) is 0 Å². The Bertz CT molecular complexity index is 341. The summed E-state index contributed by atoms with van der Waals surface area (Å²) in [5.74, 6) is 0. The lowest BCUT2D eigenvalue weighted by Gasteiger charge is -2.19. The normalized spacial score (nSPS) is 37.3. The molecule has 1 aliphatic rings. The van der Waals surface area contributed by atoms with Crippen LogP contribution in [0.3, 0.4) is 0 Å². The van der Waals surface area contributed by atoms with Crippen molar-refractivity contribution in [1.82, 2.24) is 0 Å². The molecule has 0 saturated heterocycles. The third-order valence-corrected chi connectivity index (χ3v) is 3.01. The Morgan fingerprint density at radius 2 is 1.35 bits per heavy atom. The Kier molecular flexibility index (Phi) is 3.76. The van der Waals surface area contributed by atoms with Gasteiger partial charge in [-0.2, -0.15) is 0 Å². The summed E-state index contributed by atoms with van der Waals surface area (Å²) in [4.78, 5) is 0. The van der Waals surface area contributed by atoms with E-state index < -0.39 is 30.5 Å². The Balaban J connectivity index is 1.96. The molecule has 0 radical (unpaired) electrons. The van der Waals surface area contributed by atoms with Gasteiger partial charge < -0.3 is 25.2 Å². The largest absolute Gasteiger partial charge is 0.387 e. The van der Waals surface area contributed by atoms with Crippen LogP contribution in [0.25, 0.3) is 0 Å². The maximum absolute atomic E-state index is 9.58. The quantitative estimate of drug-likeness (QED) is 0.546. The van der Waals surface area contributed by atoms with Crippen molar-refractivity contribution in [2.75, 3.05) is 0 Å². The van der Waals surface area contributed by atoms with Crippen molar-refractivity contribution in [1.29, 1.82) is 0 Å². The monoisotopic (exact) mass is 240 g/mol. The first-order valence-corrected chi connectivity index (χ1v) is 5.49. The predicted molar refractivity (Wildman–Crippen MR) is 59.0 cm³/mol. The Labute approximate surface area is 98.9 Å². The molecule has 5 nitrogen and oxygen atoms in total. The smallest absolute Gasteiger partial charge is 0.115 e. The summed E-state index contributed by atoms with van der Waals surface area (Å²) in [6.45, 7) is 0.207. The summed E-state index contributed by atoms with van der Waals surface area (Å²) < 4.78 is 5.33. The van der Waals surface area contributed by atoms with Gasteiger partial charge in [0.1, 0.15) is 30.5 Å². The average molecular weight is 240 g/mol. The number of aliphatic hydroxyl groups is 4. The van der Waals surface area contributed by atoms with E-state index in [0.717, 1.165) is 5.56 Å². The van der Waals surface area contributed by atoms with Crippen LogP contribution in [0.5, 0.6) is 0 Å². The molecule has 1 aromatic rings. The highest BCUT2D eigenvalue weighted by Gasteiger charge is 2.48. The van der Waals surface area contributed by atoms with Crippen LogP contribution in [0, 0.1) is 0 Å². The predicted octanol–water partition coefficient (Wildman–Crippen LogP) is -0.971. The second-order valence-corrected chi connectivity index (χ2v) is 4.22. The van der Waals surface area contributed by atoms with Gasteiger partial charge in [0.05, 0.1) is 6.61 Å². The molecular formula is C12H16O5. The minimum absolute atomic E-state index is 0.207.